The maximum atomic E-state index is 8.75. The molecule has 0 aromatic heterocycles. The number of hydrogen-bond acceptors (Lipinski definition) is 1. The highest BCUT2D eigenvalue weighted by Crippen LogP contribution is 2.25. The molecular formula is C14H21ClO. The Labute approximate surface area is 103 Å². The van der Waals surface area contributed by atoms with Gasteiger partial charge in [-0.2, -0.15) is 0 Å². The highest BCUT2D eigenvalue weighted by molar-refractivity contribution is 6.20. The maximum absolute atomic E-state index is 8.75. The molecule has 0 heterocycles. The van der Waals surface area contributed by atoms with Crippen molar-refractivity contribution in [3.8, 4) is 0 Å². The summed E-state index contributed by atoms with van der Waals surface area (Å²) >= 11 is 6.23. The fourth-order valence-corrected chi connectivity index (χ4v) is 2.07. The molecule has 0 aliphatic rings. The van der Waals surface area contributed by atoms with Gasteiger partial charge in [-0.3, -0.25) is 0 Å². The molecule has 0 amide bonds. The van der Waals surface area contributed by atoms with Crippen molar-refractivity contribution in [1.82, 2.24) is 0 Å². The first-order chi connectivity index (χ1) is 7.63. The van der Waals surface area contributed by atoms with E-state index in [9.17, 15) is 0 Å². The van der Waals surface area contributed by atoms with Crippen molar-refractivity contribution in [3.05, 3.63) is 35.4 Å². The molecule has 0 saturated heterocycles. The maximum Gasteiger partial charge on any atom is 0.0586 e. The highest BCUT2D eigenvalue weighted by atomic mass is 35.5. The van der Waals surface area contributed by atoms with E-state index >= 15 is 0 Å². The van der Waals surface area contributed by atoms with Crippen LogP contribution in [0.15, 0.2) is 24.3 Å². The molecule has 0 bridgehead atoms. The third-order valence-electron chi connectivity index (χ3n) is 2.60. The lowest BCUT2D eigenvalue weighted by molar-refractivity contribution is 0.284. The molecule has 1 unspecified atom stereocenters. The molecule has 1 aromatic carbocycles. The van der Waals surface area contributed by atoms with Crippen LogP contribution in [0.25, 0.3) is 0 Å². The zero-order valence-electron chi connectivity index (χ0n) is 10.1. The van der Waals surface area contributed by atoms with Crippen LogP contribution in [0.2, 0.25) is 0 Å². The van der Waals surface area contributed by atoms with Crippen LogP contribution in [0.3, 0.4) is 0 Å². The quantitative estimate of drug-likeness (QED) is 0.747. The fourth-order valence-electron chi connectivity index (χ4n) is 1.77. The van der Waals surface area contributed by atoms with Gasteiger partial charge in [-0.05, 0) is 36.3 Å². The van der Waals surface area contributed by atoms with Crippen LogP contribution in [-0.2, 0) is 6.42 Å². The van der Waals surface area contributed by atoms with Gasteiger partial charge in [0, 0.05) is 6.61 Å². The van der Waals surface area contributed by atoms with E-state index in [1.807, 2.05) is 0 Å². The molecule has 0 aliphatic heterocycles. The number of aliphatic hydroxyl groups excluding tert-OH is 1. The smallest absolute Gasteiger partial charge is 0.0586 e. The topological polar surface area (TPSA) is 20.2 Å². The molecule has 1 rings (SSSR count). The van der Waals surface area contributed by atoms with Crippen LogP contribution >= 0.6 is 11.6 Å². The minimum atomic E-state index is 0.0280. The van der Waals surface area contributed by atoms with E-state index in [4.69, 9.17) is 16.7 Å². The molecule has 0 fully saturated rings. The second-order valence-corrected chi connectivity index (χ2v) is 5.20. The Balaban J connectivity index is 2.56. The van der Waals surface area contributed by atoms with Gasteiger partial charge < -0.3 is 5.11 Å². The molecule has 1 N–H and O–H groups in total. The van der Waals surface area contributed by atoms with Gasteiger partial charge in [0.2, 0.25) is 0 Å². The molecular weight excluding hydrogens is 220 g/mol. The lowest BCUT2D eigenvalue weighted by Crippen LogP contribution is -1.96. The van der Waals surface area contributed by atoms with Gasteiger partial charge in [-0.1, -0.05) is 38.1 Å². The summed E-state index contributed by atoms with van der Waals surface area (Å²) in [6.45, 7) is 4.66. The first-order valence-corrected chi connectivity index (χ1v) is 6.41. The molecule has 2 heteroatoms. The summed E-state index contributed by atoms with van der Waals surface area (Å²) in [6, 6.07) is 8.52. The van der Waals surface area contributed by atoms with E-state index in [0.29, 0.717) is 5.92 Å². The Bertz CT molecular complexity index is 292. The Morgan fingerprint density at radius 2 is 1.81 bits per heavy atom. The highest BCUT2D eigenvalue weighted by Gasteiger charge is 2.07. The van der Waals surface area contributed by atoms with Gasteiger partial charge >= 0.3 is 0 Å². The SMILES string of the molecule is CC(C)Cc1ccc(C(Cl)CCCO)cc1. The second-order valence-electron chi connectivity index (χ2n) is 4.67. The van der Waals surface area contributed by atoms with Crippen LogP contribution < -0.4 is 0 Å². The monoisotopic (exact) mass is 240 g/mol. The van der Waals surface area contributed by atoms with Crippen LogP contribution in [0, 0.1) is 5.92 Å². The minimum Gasteiger partial charge on any atom is -0.396 e. The average Bonchev–Trinajstić information content (AvgIpc) is 2.26. The van der Waals surface area contributed by atoms with Crippen molar-refractivity contribution in [2.45, 2.75) is 38.5 Å². The zero-order chi connectivity index (χ0) is 12.0. The van der Waals surface area contributed by atoms with Crippen molar-refractivity contribution < 1.29 is 5.11 Å². The number of benzene rings is 1. The van der Waals surface area contributed by atoms with Gasteiger partial charge in [0.25, 0.3) is 0 Å². The number of aliphatic hydroxyl groups is 1. The van der Waals surface area contributed by atoms with Crippen LogP contribution in [0.1, 0.15) is 43.2 Å². The molecule has 1 atom stereocenters. The van der Waals surface area contributed by atoms with Gasteiger partial charge in [0.05, 0.1) is 5.38 Å². The molecule has 1 aromatic rings. The van der Waals surface area contributed by atoms with Crippen molar-refractivity contribution in [2.24, 2.45) is 5.92 Å². The van der Waals surface area contributed by atoms with Gasteiger partial charge in [-0.25, -0.2) is 0 Å². The molecule has 90 valence electrons. The summed E-state index contributed by atoms with van der Waals surface area (Å²) in [4.78, 5) is 0. The predicted octanol–water partition coefficient (Wildman–Crippen LogP) is 3.94. The summed E-state index contributed by atoms with van der Waals surface area (Å²) in [5.41, 5.74) is 2.52. The lowest BCUT2D eigenvalue weighted by Gasteiger charge is -2.10. The first kappa shape index (κ1) is 13.5. The molecule has 0 radical (unpaired) electrons. The van der Waals surface area contributed by atoms with Crippen molar-refractivity contribution >= 4 is 11.6 Å². The summed E-state index contributed by atoms with van der Waals surface area (Å²) in [6.07, 6.45) is 2.72. The summed E-state index contributed by atoms with van der Waals surface area (Å²) in [7, 11) is 0. The van der Waals surface area contributed by atoms with Crippen molar-refractivity contribution in [1.29, 1.82) is 0 Å². The van der Waals surface area contributed by atoms with E-state index in [-0.39, 0.29) is 12.0 Å². The fraction of sp³-hybridized carbons (Fsp3) is 0.571. The Kier molecular flexibility index (Phi) is 5.86. The van der Waals surface area contributed by atoms with E-state index in [1.165, 1.54) is 5.56 Å². The van der Waals surface area contributed by atoms with E-state index < -0.39 is 0 Å². The van der Waals surface area contributed by atoms with Crippen LogP contribution in [0.4, 0.5) is 0 Å². The Morgan fingerprint density at radius 1 is 1.19 bits per heavy atom. The lowest BCUT2D eigenvalue weighted by atomic mass is 10.00. The summed E-state index contributed by atoms with van der Waals surface area (Å²) in [5.74, 6) is 0.687. The normalized spacial score (nSPS) is 13.1. The molecule has 16 heavy (non-hydrogen) atoms. The van der Waals surface area contributed by atoms with Crippen LogP contribution in [0.5, 0.6) is 0 Å². The summed E-state index contributed by atoms with van der Waals surface area (Å²) < 4.78 is 0. The van der Waals surface area contributed by atoms with Gasteiger partial charge in [0.15, 0.2) is 0 Å². The third kappa shape index (κ3) is 4.54. The van der Waals surface area contributed by atoms with Crippen molar-refractivity contribution in [2.75, 3.05) is 6.61 Å². The predicted molar refractivity (Wildman–Crippen MR) is 69.9 cm³/mol. The molecule has 0 saturated carbocycles. The summed E-state index contributed by atoms with van der Waals surface area (Å²) in [5, 5.41) is 8.77. The minimum absolute atomic E-state index is 0.0280. The number of hydrogen-bond donors (Lipinski definition) is 1. The van der Waals surface area contributed by atoms with Crippen molar-refractivity contribution in [3.63, 3.8) is 0 Å². The number of halogens is 1. The molecule has 1 nitrogen and oxygen atoms in total. The zero-order valence-corrected chi connectivity index (χ0v) is 10.9. The van der Waals surface area contributed by atoms with Gasteiger partial charge in [-0.15, -0.1) is 11.6 Å². The largest absolute Gasteiger partial charge is 0.396 e. The average molecular weight is 241 g/mol. The van der Waals surface area contributed by atoms with Crippen LogP contribution in [-0.4, -0.2) is 11.7 Å². The third-order valence-corrected chi connectivity index (χ3v) is 3.07. The van der Waals surface area contributed by atoms with E-state index in [2.05, 4.69) is 38.1 Å². The second kappa shape index (κ2) is 6.93. The van der Waals surface area contributed by atoms with Gasteiger partial charge in [0.1, 0.15) is 0 Å². The molecule has 0 aliphatic carbocycles. The Morgan fingerprint density at radius 3 is 2.31 bits per heavy atom. The number of rotatable bonds is 6. The van der Waals surface area contributed by atoms with E-state index in [1.54, 1.807) is 0 Å². The number of alkyl halides is 1. The van der Waals surface area contributed by atoms with E-state index in [0.717, 1.165) is 24.8 Å². The Hall–Kier alpha value is -0.530. The molecule has 0 spiro atoms. The standard InChI is InChI=1S/C14H21ClO/c1-11(2)10-12-5-7-13(8-6-12)14(15)4-3-9-16/h5-8,11,14,16H,3-4,9-10H2,1-2H3. The first-order valence-electron chi connectivity index (χ1n) is 5.97.